The first-order valence-electron chi connectivity index (χ1n) is 7.84. The molecule has 1 aliphatic heterocycles. The van der Waals surface area contributed by atoms with Crippen LogP contribution in [0.15, 0.2) is 54.1 Å². The molecule has 2 aromatic rings. The Morgan fingerprint density at radius 2 is 1.76 bits per heavy atom. The Balaban J connectivity index is 2.24. The van der Waals surface area contributed by atoms with Crippen molar-refractivity contribution in [3.05, 3.63) is 76.4 Å². The summed E-state index contributed by atoms with van der Waals surface area (Å²) in [6.07, 6.45) is 1.72. The first-order valence-corrected chi connectivity index (χ1v) is 7.84. The van der Waals surface area contributed by atoms with E-state index in [2.05, 4.69) is 0 Å². The third-order valence-electron chi connectivity index (χ3n) is 4.03. The molecule has 0 saturated carbocycles. The van der Waals surface area contributed by atoms with Gasteiger partial charge in [-0.05, 0) is 32.1 Å². The van der Waals surface area contributed by atoms with Crippen LogP contribution in [0.5, 0.6) is 5.75 Å². The predicted molar refractivity (Wildman–Crippen MR) is 95.5 cm³/mol. The van der Waals surface area contributed by atoms with E-state index >= 15 is 0 Å². The van der Waals surface area contributed by atoms with Gasteiger partial charge in [0.05, 0.1) is 7.11 Å². The lowest BCUT2D eigenvalue weighted by Crippen LogP contribution is -2.10. The molecule has 124 valence electrons. The predicted octanol–water partition coefficient (Wildman–Crippen LogP) is 4.19. The molecular formula is C21H17NO3. The number of benzene rings is 2. The Hall–Kier alpha value is -3.32. The molecule has 0 spiro atoms. The van der Waals surface area contributed by atoms with E-state index in [4.69, 9.17) is 9.47 Å². The van der Waals surface area contributed by atoms with Crippen molar-refractivity contribution in [2.75, 3.05) is 7.11 Å². The van der Waals surface area contributed by atoms with Gasteiger partial charge in [0.15, 0.2) is 0 Å². The Bertz CT molecular complexity index is 944. The van der Waals surface area contributed by atoms with E-state index in [9.17, 15) is 10.1 Å². The van der Waals surface area contributed by atoms with Crippen LogP contribution in [0, 0.1) is 25.2 Å². The van der Waals surface area contributed by atoms with Crippen LogP contribution in [0.25, 0.3) is 11.3 Å². The minimum atomic E-state index is -0.661. The zero-order valence-electron chi connectivity index (χ0n) is 14.3. The number of ether oxygens (including phenoxy) is 2. The van der Waals surface area contributed by atoms with E-state index in [0.29, 0.717) is 22.6 Å². The van der Waals surface area contributed by atoms with E-state index in [0.717, 1.165) is 16.7 Å². The van der Waals surface area contributed by atoms with Gasteiger partial charge in [-0.1, -0.05) is 41.5 Å². The zero-order valence-corrected chi connectivity index (χ0v) is 14.3. The first-order chi connectivity index (χ1) is 12.0. The summed E-state index contributed by atoms with van der Waals surface area (Å²) in [6.45, 7) is 3.95. The van der Waals surface area contributed by atoms with Crippen LogP contribution >= 0.6 is 0 Å². The van der Waals surface area contributed by atoms with Crippen LogP contribution in [0.1, 0.15) is 22.3 Å². The number of hydrogen-bond acceptors (Lipinski definition) is 4. The van der Waals surface area contributed by atoms with Gasteiger partial charge in [0.1, 0.15) is 23.2 Å². The second kappa shape index (κ2) is 6.66. The molecule has 0 unspecified atom stereocenters. The third-order valence-corrected chi connectivity index (χ3v) is 4.03. The molecule has 0 fully saturated rings. The van der Waals surface area contributed by atoms with Crippen molar-refractivity contribution >= 4 is 17.3 Å². The van der Waals surface area contributed by atoms with Crippen LogP contribution < -0.4 is 4.74 Å². The Morgan fingerprint density at radius 3 is 2.40 bits per heavy atom. The van der Waals surface area contributed by atoms with Gasteiger partial charge in [-0.3, -0.25) is 0 Å². The summed E-state index contributed by atoms with van der Waals surface area (Å²) in [5, 5.41) is 9.49. The summed E-state index contributed by atoms with van der Waals surface area (Å²) in [6, 6.07) is 15.5. The van der Waals surface area contributed by atoms with E-state index in [1.165, 1.54) is 7.11 Å². The van der Waals surface area contributed by atoms with Gasteiger partial charge in [-0.15, -0.1) is 0 Å². The fraction of sp³-hybridized carbons (Fsp3) is 0.143. The average Bonchev–Trinajstić information content (AvgIpc) is 2.62. The summed E-state index contributed by atoms with van der Waals surface area (Å²) < 4.78 is 10.8. The molecule has 2 aromatic carbocycles. The van der Waals surface area contributed by atoms with Crippen molar-refractivity contribution in [3.8, 4) is 11.8 Å². The van der Waals surface area contributed by atoms with Crippen LogP contribution in [-0.4, -0.2) is 13.1 Å². The number of rotatable bonds is 2. The van der Waals surface area contributed by atoms with Gasteiger partial charge in [0.25, 0.3) is 0 Å². The lowest BCUT2D eigenvalue weighted by Gasteiger charge is -2.21. The molecule has 0 amide bonds. The number of fused-ring (bicyclic) bond motifs is 1. The number of nitriles is 1. The number of carbonyl (C=O) groups is 1. The molecule has 0 aromatic heterocycles. The van der Waals surface area contributed by atoms with Crippen molar-refractivity contribution in [2.45, 2.75) is 13.8 Å². The molecular weight excluding hydrogens is 314 g/mol. The van der Waals surface area contributed by atoms with E-state index < -0.39 is 5.97 Å². The molecule has 3 rings (SSSR count). The van der Waals surface area contributed by atoms with E-state index in [-0.39, 0.29) is 5.57 Å². The maximum Gasteiger partial charge on any atom is 0.349 e. The van der Waals surface area contributed by atoms with Crippen LogP contribution in [0.2, 0.25) is 0 Å². The fourth-order valence-corrected chi connectivity index (χ4v) is 2.68. The fourth-order valence-electron chi connectivity index (χ4n) is 2.68. The van der Waals surface area contributed by atoms with Crippen molar-refractivity contribution in [2.24, 2.45) is 0 Å². The van der Waals surface area contributed by atoms with Crippen molar-refractivity contribution in [1.82, 2.24) is 0 Å². The lowest BCUT2D eigenvalue weighted by molar-refractivity contribution is -0.135. The molecule has 1 aliphatic rings. The summed E-state index contributed by atoms with van der Waals surface area (Å²) >= 11 is 0. The summed E-state index contributed by atoms with van der Waals surface area (Å²) in [5.41, 5.74) is 4.19. The highest BCUT2D eigenvalue weighted by atomic mass is 16.5. The van der Waals surface area contributed by atoms with Crippen LogP contribution in [0.3, 0.4) is 0 Å². The highest BCUT2D eigenvalue weighted by molar-refractivity contribution is 6.06. The Kier molecular flexibility index (Phi) is 4.40. The molecule has 4 nitrogen and oxygen atoms in total. The van der Waals surface area contributed by atoms with Gasteiger partial charge in [0, 0.05) is 16.7 Å². The molecule has 0 saturated heterocycles. The topological polar surface area (TPSA) is 59.3 Å². The molecule has 0 bridgehead atoms. The maximum atomic E-state index is 12.1. The number of aryl methyl sites for hydroxylation is 2. The summed E-state index contributed by atoms with van der Waals surface area (Å²) in [7, 11) is 1.27. The maximum absolute atomic E-state index is 12.1. The monoisotopic (exact) mass is 331 g/mol. The molecule has 25 heavy (non-hydrogen) atoms. The lowest BCUT2D eigenvalue weighted by atomic mass is 9.94. The van der Waals surface area contributed by atoms with Crippen molar-refractivity contribution in [3.63, 3.8) is 0 Å². The van der Waals surface area contributed by atoms with Crippen molar-refractivity contribution in [1.29, 1.82) is 5.26 Å². The molecule has 0 atom stereocenters. The second-order valence-electron chi connectivity index (χ2n) is 5.87. The standard InChI is InChI=1S/C21H17NO3/c1-13-4-7-15(8-5-13)20-11-16(18(12-22)21(23)24-3)17-10-14(2)6-9-19(17)25-20/h4-11H,1-3H3. The minimum Gasteiger partial charge on any atom is -0.465 e. The molecule has 0 N–H and O–H groups in total. The zero-order chi connectivity index (χ0) is 18.0. The number of methoxy groups -OCH3 is 1. The normalized spacial score (nSPS) is 14.6. The van der Waals surface area contributed by atoms with Gasteiger partial charge in [-0.25, -0.2) is 4.79 Å². The minimum absolute atomic E-state index is 0.0396. The van der Waals surface area contributed by atoms with E-state index in [1.807, 2.05) is 62.4 Å². The SMILES string of the molecule is COC(=O)C(C#N)=C1C=C(c2ccc(C)cc2)Oc2ccc(C)cc21. The van der Waals surface area contributed by atoms with Gasteiger partial charge < -0.3 is 9.47 Å². The second-order valence-corrected chi connectivity index (χ2v) is 5.87. The number of carbonyl (C=O) groups excluding carboxylic acids is 1. The first kappa shape index (κ1) is 16.5. The quantitative estimate of drug-likeness (QED) is 0.470. The highest BCUT2D eigenvalue weighted by Crippen LogP contribution is 2.39. The van der Waals surface area contributed by atoms with Crippen LogP contribution in [-0.2, 0) is 9.53 Å². The average molecular weight is 331 g/mol. The smallest absolute Gasteiger partial charge is 0.349 e. The Morgan fingerprint density at radius 1 is 1.08 bits per heavy atom. The molecule has 0 aliphatic carbocycles. The highest BCUT2D eigenvalue weighted by Gasteiger charge is 2.24. The van der Waals surface area contributed by atoms with Crippen LogP contribution in [0.4, 0.5) is 0 Å². The van der Waals surface area contributed by atoms with E-state index in [1.54, 1.807) is 6.08 Å². The third kappa shape index (κ3) is 3.17. The molecule has 4 heteroatoms. The number of allylic oxidation sites excluding steroid dienone is 2. The summed E-state index contributed by atoms with van der Waals surface area (Å²) in [4.78, 5) is 12.1. The van der Waals surface area contributed by atoms with Gasteiger partial charge in [-0.2, -0.15) is 5.26 Å². The summed E-state index contributed by atoms with van der Waals surface area (Å²) in [5.74, 6) is 0.532. The van der Waals surface area contributed by atoms with Gasteiger partial charge >= 0.3 is 5.97 Å². The van der Waals surface area contributed by atoms with Gasteiger partial charge in [0.2, 0.25) is 0 Å². The number of nitrogens with zero attached hydrogens (tertiary/aromatic N) is 1. The molecule has 1 heterocycles. The number of hydrogen-bond donors (Lipinski definition) is 0. The largest absolute Gasteiger partial charge is 0.465 e. The Labute approximate surface area is 146 Å². The van der Waals surface area contributed by atoms with Crippen molar-refractivity contribution < 1.29 is 14.3 Å². The molecule has 0 radical (unpaired) electrons. The number of esters is 1.